The summed E-state index contributed by atoms with van der Waals surface area (Å²) in [6.07, 6.45) is 4.73. The fraction of sp³-hybridized carbons (Fsp3) is 0.500. The molecule has 3 N–H and O–H groups in total. The van der Waals surface area contributed by atoms with Gasteiger partial charge in [-0.3, -0.25) is 0 Å². The molecule has 0 radical (unpaired) electrons. The Morgan fingerprint density at radius 3 is 2.84 bits per heavy atom. The number of benzene rings is 1. The molecule has 3 nitrogen and oxygen atoms in total. The highest BCUT2D eigenvalue weighted by Gasteiger charge is 2.25. The zero-order valence-corrected chi connectivity index (χ0v) is 13.1. The second-order valence-corrected chi connectivity index (χ2v) is 6.17. The lowest BCUT2D eigenvalue weighted by atomic mass is 10.1. The Hall–Kier alpha value is -0.780. The molecule has 0 bridgehead atoms. The SMILES string of the molecule is CSc1cccc(NCCN(C)C2CC2)c1C(N)=S. The average Bonchev–Trinajstić information content (AvgIpc) is 3.22. The number of nitrogens with zero attached hydrogens (tertiary/aromatic N) is 1. The molecule has 0 aliphatic heterocycles. The van der Waals surface area contributed by atoms with Crippen molar-refractivity contribution in [1.82, 2.24) is 4.90 Å². The van der Waals surface area contributed by atoms with Gasteiger partial charge in [0.25, 0.3) is 0 Å². The number of likely N-dealkylation sites (N-methyl/N-ethyl adjacent to an activating group) is 1. The van der Waals surface area contributed by atoms with Crippen LogP contribution in [0.3, 0.4) is 0 Å². The van der Waals surface area contributed by atoms with Crippen LogP contribution in [0, 0.1) is 0 Å². The Kier molecular flexibility index (Phi) is 5.07. The summed E-state index contributed by atoms with van der Waals surface area (Å²) in [7, 11) is 2.19. The van der Waals surface area contributed by atoms with Crippen LogP contribution in [0.5, 0.6) is 0 Å². The van der Waals surface area contributed by atoms with E-state index in [1.807, 2.05) is 18.4 Å². The van der Waals surface area contributed by atoms with Crippen LogP contribution in [0.4, 0.5) is 5.69 Å². The smallest absolute Gasteiger partial charge is 0.107 e. The van der Waals surface area contributed by atoms with Crippen molar-refractivity contribution in [3.63, 3.8) is 0 Å². The topological polar surface area (TPSA) is 41.3 Å². The van der Waals surface area contributed by atoms with E-state index in [1.165, 1.54) is 12.8 Å². The Bertz CT molecular complexity index is 458. The van der Waals surface area contributed by atoms with E-state index in [2.05, 4.69) is 23.3 Å². The number of thiocarbonyl (C=S) groups is 1. The van der Waals surface area contributed by atoms with Crippen LogP contribution in [-0.2, 0) is 0 Å². The zero-order chi connectivity index (χ0) is 13.8. The van der Waals surface area contributed by atoms with E-state index < -0.39 is 0 Å². The molecule has 0 amide bonds. The molecular formula is C14H21N3S2. The van der Waals surface area contributed by atoms with E-state index in [0.29, 0.717) is 4.99 Å². The van der Waals surface area contributed by atoms with E-state index >= 15 is 0 Å². The molecule has 1 aromatic rings. The van der Waals surface area contributed by atoms with E-state index in [1.54, 1.807) is 11.8 Å². The Morgan fingerprint density at radius 1 is 1.53 bits per heavy atom. The van der Waals surface area contributed by atoms with Crippen LogP contribution < -0.4 is 11.1 Å². The van der Waals surface area contributed by atoms with Crippen molar-refractivity contribution in [2.45, 2.75) is 23.8 Å². The van der Waals surface area contributed by atoms with Crippen LogP contribution >= 0.6 is 24.0 Å². The minimum absolute atomic E-state index is 0.461. The minimum atomic E-state index is 0.461. The number of hydrogen-bond donors (Lipinski definition) is 2. The summed E-state index contributed by atoms with van der Waals surface area (Å²) in [5.41, 5.74) is 7.86. The van der Waals surface area contributed by atoms with Crippen LogP contribution in [0.15, 0.2) is 23.1 Å². The molecular weight excluding hydrogens is 274 g/mol. The first-order valence-electron chi connectivity index (χ1n) is 6.54. The van der Waals surface area contributed by atoms with E-state index in [9.17, 15) is 0 Å². The number of nitrogens with one attached hydrogen (secondary N) is 1. The predicted octanol–water partition coefficient (Wildman–Crippen LogP) is 2.55. The van der Waals surface area contributed by atoms with Gasteiger partial charge in [-0.1, -0.05) is 18.3 Å². The van der Waals surface area contributed by atoms with Gasteiger partial charge in [0, 0.05) is 35.3 Å². The van der Waals surface area contributed by atoms with Gasteiger partial charge in [-0.2, -0.15) is 0 Å². The molecule has 1 aliphatic rings. The van der Waals surface area contributed by atoms with Gasteiger partial charge in [0.2, 0.25) is 0 Å². The third-order valence-electron chi connectivity index (χ3n) is 3.44. The van der Waals surface area contributed by atoms with Crippen molar-refractivity contribution in [2.24, 2.45) is 5.73 Å². The van der Waals surface area contributed by atoms with Gasteiger partial charge in [-0.05, 0) is 38.3 Å². The van der Waals surface area contributed by atoms with Gasteiger partial charge in [0.15, 0.2) is 0 Å². The van der Waals surface area contributed by atoms with Gasteiger partial charge in [-0.25, -0.2) is 0 Å². The maximum atomic E-state index is 5.85. The first-order valence-corrected chi connectivity index (χ1v) is 8.17. The molecule has 0 spiro atoms. The van der Waals surface area contributed by atoms with E-state index in [4.69, 9.17) is 18.0 Å². The Morgan fingerprint density at radius 2 is 2.26 bits per heavy atom. The summed E-state index contributed by atoms with van der Waals surface area (Å²) in [4.78, 5) is 4.00. The summed E-state index contributed by atoms with van der Waals surface area (Å²) in [6.45, 7) is 1.96. The lowest BCUT2D eigenvalue weighted by molar-refractivity contribution is 0.337. The quantitative estimate of drug-likeness (QED) is 0.598. The molecule has 1 aromatic carbocycles. The van der Waals surface area contributed by atoms with Crippen LogP contribution in [0.25, 0.3) is 0 Å². The zero-order valence-electron chi connectivity index (χ0n) is 11.5. The summed E-state index contributed by atoms with van der Waals surface area (Å²) in [6, 6.07) is 6.95. The van der Waals surface area contributed by atoms with Crippen molar-refractivity contribution in [3.8, 4) is 0 Å². The molecule has 0 unspecified atom stereocenters. The van der Waals surface area contributed by atoms with Crippen LogP contribution in [-0.4, -0.2) is 42.3 Å². The van der Waals surface area contributed by atoms with Gasteiger partial charge in [0.1, 0.15) is 4.99 Å². The molecule has 0 aromatic heterocycles. The first kappa shape index (κ1) is 14.6. The van der Waals surface area contributed by atoms with Crippen molar-refractivity contribution in [1.29, 1.82) is 0 Å². The normalized spacial score (nSPS) is 14.7. The van der Waals surface area contributed by atoms with Crippen LogP contribution in [0.2, 0.25) is 0 Å². The monoisotopic (exact) mass is 295 g/mol. The molecule has 1 fully saturated rings. The molecule has 19 heavy (non-hydrogen) atoms. The Balaban J connectivity index is 2.00. The lowest BCUT2D eigenvalue weighted by Gasteiger charge is -2.18. The minimum Gasteiger partial charge on any atom is -0.389 e. The fourth-order valence-electron chi connectivity index (χ4n) is 2.17. The molecule has 0 heterocycles. The highest BCUT2D eigenvalue weighted by Crippen LogP contribution is 2.27. The van der Waals surface area contributed by atoms with Crippen LogP contribution in [0.1, 0.15) is 18.4 Å². The summed E-state index contributed by atoms with van der Waals surface area (Å²) >= 11 is 6.85. The Labute approximate surface area is 124 Å². The summed E-state index contributed by atoms with van der Waals surface area (Å²) in [5, 5.41) is 3.46. The second kappa shape index (κ2) is 6.59. The summed E-state index contributed by atoms with van der Waals surface area (Å²) < 4.78 is 0. The van der Waals surface area contributed by atoms with E-state index in [0.717, 1.165) is 35.3 Å². The number of thioether (sulfide) groups is 1. The molecule has 0 saturated heterocycles. The predicted molar refractivity (Wildman–Crippen MR) is 88.3 cm³/mol. The van der Waals surface area contributed by atoms with Crippen molar-refractivity contribution >= 4 is 34.7 Å². The second-order valence-electron chi connectivity index (χ2n) is 4.89. The van der Waals surface area contributed by atoms with E-state index in [-0.39, 0.29) is 0 Å². The molecule has 0 atom stereocenters. The molecule has 104 valence electrons. The van der Waals surface area contributed by atoms with Gasteiger partial charge in [-0.15, -0.1) is 11.8 Å². The van der Waals surface area contributed by atoms with Gasteiger partial charge >= 0.3 is 0 Å². The molecule has 5 heteroatoms. The first-order chi connectivity index (χ1) is 9.13. The van der Waals surface area contributed by atoms with Gasteiger partial charge < -0.3 is 16.0 Å². The molecule has 2 rings (SSSR count). The van der Waals surface area contributed by atoms with Crippen molar-refractivity contribution < 1.29 is 0 Å². The average molecular weight is 295 g/mol. The third-order valence-corrected chi connectivity index (χ3v) is 4.43. The standard InChI is InChI=1S/C14H21N3S2/c1-17(10-6-7-10)9-8-16-11-4-3-5-12(19-2)13(11)14(15)18/h3-5,10,16H,6-9H2,1-2H3,(H2,15,18). The number of anilines is 1. The number of rotatable bonds is 7. The van der Waals surface area contributed by atoms with Crippen molar-refractivity contribution in [2.75, 3.05) is 31.7 Å². The largest absolute Gasteiger partial charge is 0.389 e. The maximum Gasteiger partial charge on any atom is 0.107 e. The van der Waals surface area contributed by atoms with Crippen molar-refractivity contribution in [3.05, 3.63) is 23.8 Å². The fourth-order valence-corrected chi connectivity index (χ4v) is 3.09. The third kappa shape index (κ3) is 3.84. The summed E-state index contributed by atoms with van der Waals surface area (Å²) in [5.74, 6) is 0. The number of hydrogen-bond acceptors (Lipinski definition) is 4. The highest BCUT2D eigenvalue weighted by molar-refractivity contribution is 7.98. The molecule has 1 aliphatic carbocycles. The van der Waals surface area contributed by atoms with Gasteiger partial charge in [0.05, 0.1) is 0 Å². The number of nitrogens with two attached hydrogens (primary N) is 1. The molecule has 1 saturated carbocycles. The lowest BCUT2D eigenvalue weighted by Crippen LogP contribution is -2.27. The maximum absolute atomic E-state index is 5.85. The highest BCUT2D eigenvalue weighted by atomic mass is 32.2.